The number of thiophene rings is 1. The topological polar surface area (TPSA) is 25.8 Å². The number of hydrogen-bond acceptors (Lipinski definition) is 3. The maximum absolute atomic E-state index is 5.08. The Morgan fingerprint density at radius 1 is 0.487 bits per heavy atom. The minimum atomic E-state index is 0.945. The van der Waals surface area contributed by atoms with Crippen molar-refractivity contribution in [2.75, 3.05) is 0 Å². The summed E-state index contributed by atoms with van der Waals surface area (Å²) in [5.74, 6) is 0. The molecular weight excluding hydrogens is 492 g/mol. The SMILES string of the molecule is c1cnc2c(c1)ccc1ccc(-c3ccc4ccc(-c5ccc6sc7cccc8ccc5c6c87)cc4c3)nc12. The van der Waals surface area contributed by atoms with Crippen LogP contribution < -0.4 is 0 Å². The minimum Gasteiger partial charge on any atom is -0.254 e. The summed E-state index contributed by atoms with van der Waals surface area (Å²) in [6, 6.07) is 41.8. The van der Waals surface area contributed by atoms with E-state index in [1.54, 1.807) is 0 Å². The minimum absolute atomic E-state index is 0.945. The Labute approximate surface area is 228 Å². The smallest absolute Gasteiger partial charge is 0.0972 e. The maximum atomic E-state index is 5.08. The van der Waals surface area contributed by atoms with Gasteiger partial charge in [-0.15, -0.1) is 11.3 Å². The molecule has 0 atom stereocenters. The molecule has 3 heterocycles. The lowest BCUT2D eigenvalue weighted by molar-refractivity contribution is 1.37. The quantitative estimate of drug-likeness (QED) is 0.215. The lowest BCUT2D eigenvalue weighted by atomic mass is 9.93. The molecule has 39 heavy (non-hydrogen) atoms. The molecule has 9 aromatic rings. The van der Waals surface area contributed by atoms with Gasteiger partial charge in [-0.05, 0) is 69.1 Å². The van der Waals surface area contributed by atoms with Crippen LogP contribution in [0, 0.1) is 0 Å². The Kier molecular flexibility index (Phi) is 4.24. The second-order valence-corrected chi connectivity index (χ2v) is 11.3. The summed E-state index contributed by atoms with van der Waals surface area (Å²) < 4.78 is 2.72. The van der Waals surface area contributed by atoms with Crippen LogP contribution in [0.1, 0.15) is 0 Å². The fraction of sp³-hybridized carbons (Fsp3) is 0. The van der Waals surface area contributed by atoms with Crippen LogP contribution in [-0.2, 0) is 0 Å². The highest BCUT2D eigenvalue weighted by Gasteiger charge is 2.15. The number of pyridine rings is 2. The molecule has 0 aliphatic carbocycles. The Morgan fingerprint density at radius 3 is 2.18 bits per heavy atom. The second-order valence-electron chi connectivity index (χ2n) is 10.2. The Hall–Kier alpha value is -4.86. The molecular formula is C36H20N2S. The van der Waals surface area contributed by atoms with E-state index >= 15 is 0 Å². The highest BCUT2D eigenvalue weighted by Crippen LogP contribution is 2.44. The van der Waals surface area contributed by atoms with E-state index in [1.807, 2.05) is 23.6 Å². The van der Waals surface area contributed by atoms with Gasteiger partial charge in [-0.3, -0.25) is 4.98 Å². The van der Waals surface area contributed by atoms with Crippen LogP contribution >= 0.6 is 11.3 Å². The first-order valence-electron chi connectivity index (χ1n) is 13.2. The summed E-state index contributed by atoms with van der Waals surface area (Å²) >= 11 is 1.89. The van der Waals surface area contributed by atoms with Crippen LogP contribution in [0.15, 0.2) is 121 Å². The lowest BCUT2D eigenvalue weighted by Crippen LogP contribution is -1.89. The van der Waals surface area contributed by atoms with E-state index in [9.17, 15) is 0 Å². The molecule has 2 nitrogen and oxygen atoms in total. The predicted molar refractivity (Wildman–Crippen MR) is 167 cm³/mol. The van der Waals surface area contributed by atoms with Gasteiger partial charge >= 0.3 is 0 Å². The highest BCUT2D eigenvalue weighted by molar-refractivity contribution is 7.26. The molecule has 6 aromatic carbocycles. The first-order chi connectivity index (χ1) is 19.3. The number of hydrogen-bond donors (Lipinski definition) is 0. The molecule has 0 aliphatic rings. The molecule has 0 bridgehead atoms. The van der Waals surface area contributed by atoms with Crippen molar-refractivity contribution < 1.29 is 0 Å². The Bertz CT molecular complexity index is 2400. The van der Waals surface area contributed by atoms with Crippen molar-refractivity contribution in [2.45, 2.75) is 0 Å². The van der Waals surface area contributed by atoms with E-state index < -0.39 is 0 Å². The highest BCUT2D eigenvalue weighted by atomic mass is 32.1. The van der Waals surface area contributed by atoms with Gasteiger partial charge in [-0.2, -0.15) is 0 Å². The van der Waals surface area contributed by atoms with Crippen LogP contribution in [0.4, 0.5) is 0 Å². The molecule has 180 valence electrons. The number of aromatic nitrogens is 2. The van der Waals surface area contributed by atoms with Crippen LogP contribution in [-0.4, -0.2) is 9.97 Å². The summed E-state index contributed by atoms with van der Waals surface area (Å²) in [6.07, 6.45) is 1.84. The van der Waals surface area contributed by atoms with Gasteiger partial charge in [0.2, 0.25) is 0 Å². The Morgan fingerprint density at radius 2 is 1.23 bits per heavy atom. The largest absolute Gasteiger partial charge is 0.254 e. The molecule has 3 heteroatoms. The molecule has 0 amide bonds. The third-order valence-corrected chi connectivity index (χ3v) is 9.16. The van der Waals surface area contributed by atoms with E-state index in [1.165, 1.54) is 52.8 Å². The standard InChI is InChI=1S/C36H20N2S/c1-3-22-12-14-29-28(15-17-32-34(29)33(22)31(5-1)39-32)25-10-6-21-7-11-26(20-27(21)19-25)30-16-13-24-9-8-23-4-2-18-37-35(23)36(24)38-30/h1-20H. The average molecular weight is 513 g/mol. The van der Waals surface area contributed by atoms with Gasteiger partial charge in [-0.25, -0.2) is 4.98 Å². The summed E-state index contributed by atoms with van der Waals surface area (Å²) in [6.45, 7) is 0. The molecule has 0 N–H and O–H groups in total. The van der Waals surface area contributed by atoms with Gasteiger partial charge in [0.05, 0.1) is 16.7 Å². The van der Waals surface area contributed by atoms with Gasteiger partial charge in [-0.1, -0.05) is 78.9 Å². The molecule has 0 radical (unpaired) electrons. The zero-order valence-corrected chi connectivity index (χ0v) is 21.7. The van der Waals surface area contributed by atoms with Crippen molar-refractivity contribution in [3.63, 3.8) is 0 Å². The zero-order chi connectivity index (χ0) is 25.5. The van der Waals surface area contributed by atoms with Crippen molar-refractivity contribution >= 4 is 74.9 Å². The molecule has 0 saturated heterocycles. The van der Waals surface area contributed by atoms with E-state index in [0.717, 1.165) is 33.1 Å². The van der Waals surface area contributed by atoms with Crippen LogP contribution in [0.25, 0.3) is 85.9 Å². The summed E-state index contributed by atoms with van der Waals surface area (Å²) in [4.78, 5) is 9.71. The number of fused-ring (bicyclic) bond motifs is 4. The summed E-state index contributed by atoms with van der Waals surface area (Å²) in [5.41, 5.74) is 6.48. The van der Waals surface area contributed by atoms with Crippen molar-refractivity contribution in [3.8, 4) is 22.4 Å². The van der Waals surface area contributed by atoms with Gasteiger partial charge in [0, 0.05) is 42.7 Å². The normalized spacial score (nSPS) is 12.1. The van der Waals surface area contributed by atoms with Crippen LogP contribution in [0.3, 0.4) is 0 Å². The molecule has 0 saturated carbocycles. The van der Waals surface area contributed by atoms with Crippen LogP contribution in [0.5, 0.6) is 0 Å². The van der Waals surface area contributed by atoms with E-state index in [2.05, 4.69) is 114 Å². The van der Waals surface area contributed by atoms with E-state index in [-0.39, 0.29) is 0 Å². The van der Waals surface area contributed by atoms with Gasteiger partial charge in [0.15, 0.2) is 0 Å². The lowest BCUT2D eigenvalue weighted by Gasteiger charge is -2.11. The predicted octanol–water partition coefficient (Wildman–Crippen LogP) is 10.2. The number of benzene rings is 6. The maximum Gasteiger partial charge on any atom is 0.0972 e. The molecule has 3 aromatic heterocycles. The van der Waals surface area contributed by atoms with Crippen molar-refractivity contribution in [2.24, 2.45) is 0 Å². The van der Waals surface area contributed by atoms with E-state index in [0.29, 0.717) is 0 Å². The molecule has 0 spiro atoms. The van der Waals surface area contributed by atoms with Gasteiger partial charge in [0.1, 0.15) is 0 Å². The molecule has 0 unspecified atom stereocenters. The van der Waals surface area contributed by atoms with Crippen molar-refractivity contribution in [3.05, 3.63) is 121 Å². The zero-order valence-electron chi connectivity index (χ0n) is 20.8. The Balaban J connectivity index is 1.22. The van der Waals surface area contributed by atoms with E-state index in [4.69, 9.17) is 4.98 Å². The number of rotatable bonds is 2. The fourth-order valence-electron chi connectivity index (χ4n) is 6.16. The average Bonchev–Trinajstić information content (AvgIpc) is 3.39. The number of nitrogens with zero attached hydrogens (tertiary/aromatic N) is 2. The summed E-state index contributed by atoms with van der Waals surface area (Å²) in [5, 5.41) is 10.1. The monoisotopic (exact) mass is 512 g/mol. The first kappa shape index (κ1) is 21.1. The van der Waals surface area contributed by atoms with Crippen LogP contribution in [0.2, 0.25) is 0 Å². The van der Waals surface area contributed by atoms with Crippen molar-refractivity contribution in [1.82, 2.24) is 9.97 Å². The van der Waals surface area contributed by atoms with Gasteiger partial charge in [0.25, 0.3) is 0 Å². The third kappa shape index (κ3) is 3.08. The molecule has 0 aliphatic heterocycles. The molecule has 0 fully saturated rings. The first-order valence-corrected chi connectivity index (χ1v) is 14.0. The summed E-state index contributed by atoms with van der Waals surface area (Å²) in [7, 11) is 0. The second kappa shape index (κ2) is 7.83. The van der Waals surface area contributed by atoms with Gasteiger partial charge < -0.3 is 0 Å². The fourth-order valence-corrected chi connectivity index (χ4v) is 7.31. The molecule has 9 rings (SSSR count). The van der Waals surface area contributed by atoms with Crippen molar-refractivity contribution in [1.29, 1.82) is 0 Å². The third-order valence-electron chi connectivity index (χ3n) is 8.04.